The first kappa shape index (κ1) is 16.9. The molecule has 4 heteroatoms. The van der Waals surface area contributed by atoms with Gasteiger partial charge in [0, 0.05) is 6.54 Å². The third-order valence-electron chi connectivity index (χ3n) is 4.95. The molecule has 1 aromatic heterocycles. The SMILES string of the molecule is CC(C)C1C(O)=C(c2ccc3ccccc3c2)C(=O)N1Cc1ccsc1. The fourth-order valence-electron chi connectivity index (χ4n) is 3.72. The highest BCUT2D eigenvalue weighted by atomic mass is 32.1. The molecule has 4 rings (SSSR count). The van der Waals surface area contributed by atoms with E-state index in [1.807, 2.05) is 67.8 Å². The molecule has 1 aliphatic heterocycles. The second-order valence-electron chi connectivity index (χ2n) is 7.08. The van der Waals surface area contributed by atoms with Gasteiger partial charge in [0.1, 0.15) is 5.76 Å². The maximum Gasteiger partial charge on any atom is 0.258 e. The molecule has 0 radical (unpaired) electrons. The number of thiophene rings is 1. The molecule has 2 aromatic carbocycles. The van der Waals surface area contributed by atoms with Crippen LogP contribution in [-0.2, 0) is 11.3 Å². The number of carbonyl (C=O) groups excluding carboxylic acids is 1. The van der Waals surface area contributed by atoms with Crippen molar-refractivity contribution < 1.29 is 9.90 Å². The summed E-state index contributed by atoms with van der Waals surface area (Å²) in [5.74, 6) is 0.230. The lowest BCUT2D eigenvalue weighted by Gasteiger charge is -2.28. The van der Waals surface area contributed by atoms with E-state index in [1.165, 1.54) is 0 Å². The normalized spacial score (nSPS) is 17.7. The van der Waals surface area contributed by atoms with Gasteiger partial charge in [-0.05, 0) is 50.7 Å². The summed E-state index contributed by atoms with van der Waals surface area (Å²) in [5, 5.41) is 17.2. The molecular weight excluding hydrogens is 342 g/mol. The first-order valence-corrected chi connectivity index (χ1v) is 9.75. The Morgan fingerprint density at radius 1 is 1.12 bits per heavy atom. The van der Waals surface area contributed by atoms with E-state index in [0.29, 0.717) is 12.1 Å². The van der Waals surface area contributed by atoms with Crippen LogP contribution in [-0.4, -0.2) is 22.0 Å². The molecule has 132 valence electrons. The first-order chi connectivity index (χ1) is 12.6. The predicted octanol–water partition coefficient (Wildman–Crippen LogP) is 5.24. The summed E-state index contributed by atoms with van der Waals surface area (Å²) in [7, 11) is 0. The molecule has 1 aliphatic rings. The largest absolute Gasteiger partial charge is 0.509 e. The minimum absolute atomic E-state index is 0.0947. The minimum atomic E-state index is -0.288. The van der Waals surface area contributed by atoms with Gasteiger partial charge in [-0.25, -0.2) is 0 Å². The van der Waals surface area contributed by atoms with Crippen LogP contribution in [0, 0.1) is 5.92 Å². The average molecular weight is 363 g/mol. The van der Waals surface area contributed by atoms with Crippen molar-refractivity contribution in [2.75, 3.05) is 0 Å². The Hall–Kier alpha value is -2.59. The number of aliphatic hydroxyl groups excluding tert-OH is 1. The van der Waals surface area contributed by atoms with Gasteiger partial charge in [0.05, 0.1) is 11.6 Å². The Kier molecular flexibility index (Phi) is 4.29. The molecule has 3 nitrogen and oxygen atoms in total. The number of rotatable bonds is 4. The Balaban J connectivity index is 1.77. The third kappa shape index (κ3) is 2.80. The van der Waals surface area contributed by atoms with Crippen LogP contribution < -0.4 is 0 Å². The van der Waals surface area contributed by atoms with E-state index in [2.05, 4.69) is 5.38 Å². The summed E-state index contributed by atoms with van der Waals surface area (Å²) in [6.45, 7) is 4.60. The fourth-order valence-corrected chi connectivity index (χ4v) is 4.38. The summed E-state index contributed by atoms with van der Waals surface area (Å²) >= 11 is 1.62. The number of carbonyl (C=O) groups is 1. The van der Waals surface area contributed by atoms with Crippen LogP contribution in [0.1, 0.15) is 25.0 Å². The number of amides is 1. The molecule has 1 atom stereocenters. The average Bonchev–Trinajstić information content (AvgIpc) is 3.22. The van der Waals surface area contributed by atoms with E-state index < -0.39 is 0 Å². The van der Waals surface area contributed by atoms with Crippen LogP contribution in [0.5, 0.6) is 0 Å². The fraction of sp³-hybridized carbons (Fsp3) is 0.227. The summed E-state index contributed by atoms with van der Waals surface area (Å²) < 4.78 is 0. The van der Waals surface area contributed by atoms with Gasteiger partial charge >= 0.3 is 0 Å². The molecule has 1 amide bonds. The maximum atomic E-state index is 13.2. The van der Waals surface area contributed by atoms with E-state index in [9.17, 15) is 9.90 Å². The van der Waals surface area contributed by atoms with Crippen LogP contribution in [0.2, 0.25) is 0 Å². The molecule has 0 fully saturated rings. The molecule has 0 aliphatic carbocycles. The maximum absolute atomic E-state index is 13.2. The highest BCUT2D eigenvalue weighted by Crippen LogP contribution is 2.37. The van der Waals surface area contributed by atoms with Crippen molar-refractivity contribution in [3.63, 3.8) is 0 Å². The van der Waals surface area contributed by atoms with Crippen molar-refractivity contribution in [3.05, 3.63) is 76.2 Å². The van der Waals surface area contributed by atoms with E-state index in [4.69, 9.17) is 0 Å². The van der Waals surface area contributed by atoms with E-state index >= 15 is 0 Å². The number of fused-ring (bicyclic) bond motifs is 1. The lowest BCUT2D eigenvalue weighted by atomic mass is 9.98. The Bertz CT molecular complexity index is 988. The van der Waals surface area contributed by atoms with Crippen LogP contribution >= 0.6 is 11.3 Å². The highest BCUT2D eigenvalue weighted by Gasteiger charge is 2.41. The number of nitrogens with zero attached hydrogens (tertiary/aromatic N) is 1. The van der Waals surface area contributed by atoms with Crippen LogP contribution in [0.25, 0.3) is 16.3 Å². The van der Waals surface area contributed by atoms with Gasteiger partial charge < -0.3 is 10.0 Å². The third-order valence-corrected chi connectivity index (χ3v) is 5.68. The molecule has 0 spiro atoms. The Morgan fingerprint density at radius 3 is 2.58 bits per heavy atom. The highest BCUT2D eigenvalue weighted by molar-refractivity contribution is 7.07. The summed E-state index contributed by atoms with van der Waals surface area (Å²) in [6.07, 6.45) is 0. The summed E-state index contributed by atoms with van der Waals surface area (Å²) in [6, 6.07) is 15.7. The van der Waals surface area contributed by atoms with Crippen molar-refractivity contribution in [3.8, 4) is 0 Å². The van der Waals surface area contributed by atoms with Crippen molar-refractivity contribution in [2.45, 2.75) is 26.4 Å². The number of benzene rings is 2. The molecule has 0 saturated heterocycles. The van der Waals surface area contributed by atoms with Crippen molar-refractivity contribution >= 4 is 33.6 Å². The predicted molar refractivity (Wildman–Crippen MR) is 107 cm³/mol. The second kappa shape index (κ2) is 6.61. The van der Waals surface area contributed by atoms with Gasteiger partial charge in [-0.3, -0.25) is 4.79 Å². The first-order valence-electron chi connectivity index (χ1n) is 8.80. The molecule has 26 heavy (non-hydrogen) atoms. The molecule has 1 unspecified atom stereocenters. The Morgan fingerprint density at radius 2 is 1.88 bits per heavy atom. The Labute approximate surface area is 157 Å². The van der Waals surface area contributed by atoms with Crippen molar-refractivity contribution in [1.29, 1.82) is 0 Å². The smallest absolute Gasteiger partial charge is 0.258 e. The van der Waals surface area contributed by atoms with Crippen LogP contribution in [0.4, 0.5) is 0 Å². The quantitative estimate of drug-likeness (QED) is 0.689. The lowest BCUT2D eigenvalue weighted by Crippen LogP contribution is -2.38. The molecular formula is C22H21NO2S. The van der Waals surface area contributed by atoms with E-state index in [-0.39, 0.29) is 23.6 Å². The summed E-state index contributed by atoms with van der Waals surface area (Å²) in [5.41, 5.74) is 2.32. The van der Waals surface area contributed by atoms with Crippen molar-refractivity contribution in [1.82, 2.24) is 4.90 Å². The van der Waals surface area contributed by atoms with Crippen LogP contribution in [0.3, 0.4) is 0 Å². The van der Waals surface area contributed by atoms with Gasteiger partial charge in [0.25, 0.3) is 5.91 Å². The zero-order valence-corrected chi connectivity index (χ0v) is 15.7. The van der Waals surface area contributed by atoms with Gasteiger partial charge in [-0.1, -0.05) is 50.2 Å². The molecule has 1 N–H and O–H groups in total. The monoisotopic (exact) mass is 363 g/mol. The number of hydrogen-bond acceptors (Lipinski definition) is 3. The zero-order valence-electron chi connectivity index (χ0n) is 14.8. The van der Waals surface area contributed by atoms with Gasteiger partial charge in [-0.2, -0.15) is 11.3 Å². The number of hydrogen-bond donors (Lipinski definition) is 1. The minimum Gasteiger partial charge on any atom is -0.509 e. The number of aliphatic hydroxyl groups is 1. The molecule has 3 aromatic rings. The second-order valence-corrected chi connectivity index (χ2v) is 7.86. The standard InChI is InChI=1S/C22H21NO2S/c1-14(2)20-21(24)19(22(25)23(20)12-15-9-10-26-13-15)18-8-7-16-5-3-4-6-17(16)11-18/h3-11,13-14,20,24H,12H2,1-2H3. The molecule has 0 saturated carbocycles. The summed E-state index contributed by atoms with van der Waals surface area (Å²) in [4.78, 5) is 15.0. The molecule has 2 heterocycles. The lowest BCUT2D eigenvalue weighted by molar-refractivity contribution is -0.126. The van der Waals surface area contributed by atoms with Gasteiger partial charge in [0.15, 0.2) is 0 Å². The zero-order chi connectivity index (χ0) is 18.3. The van der Waals surface area contributed by atoms with E-state index in [1.54, 1.807) is 16.2 Å². The van der Waals surface area contributed by atoms with Gasteiger partial charge in [0.2, 0.25) is 0 Å². The van der Waals surface area contributed by atoms with Crippen LogP contribution in [0.15, 0.2) is 65.1 Å². The van der Waals surface area contributed by atoms with Crippen molar-refractivity contribution in [2.24, 2.45) is 5.92 Å². The topological polar surface area (TPSA) is 40.5 Å². The molecule has 0 bridgehead atoms. The van der Waals surface area contributed by atoms with Gasteiger partial charge in [-0.15, -0.1) is 0 Å². The van der Waals surface area contributed by atoms with E-state index in [0.717, 1.165) is 21.9 Å².